The summed E-state index contributed by atoms with van der Waals surface area (Å²) < 4.78 is 72.1. The number of nitrogens with zero attached hydrogens (tertiary/aromatic N) is 2. The first kappa shape index (κ1) is 30.1. The number of nitrogens with one attached hydrogen (secondary N) is 1. The molecule has 11 heteroatoms. The van der Waals surface area contributed by atoms with E-state index in [0.29, 0.717) is 31.9 Å². The second-order valence-electron chi connectivity index (χ2n) is 10.1. The minimum atomic E-state index is -4.60. The van der Waals surface area contributed by atoms with E-state index >= 15 is 0 Å². The van der Waals surface area contributed by atoms with E-state index in [1.54, 1.807) is 4.90 Å². The number of ether oxygens (including phenoxy) is 1. The summed E-state index contributed by atoms with van der Waals surface area (Å²) in [5, 5.41) is 0. The van der Waals surface area contributed by atoms with Gasteiger partial charge in [0.25, 0.3) is 15.9 Å². The first-order valence-electron chi connectivity index (χ1n) is 13.6. The Hall–Kier alpha value is -4.35. The van der Waals surface area contributed by atoms with E-state index in [1.807, 2.05) is 36.4 Å². The highest BCUT2D eigenvalue weighted by Crippen LogP contribution is 2.32. The summed E-state index contributed by atoms with van der Waals surface area (Å²) in [6.45, 7) is 2.24. The topological polar surface area (TPSA) is 78.9 Å². The van der Waals surface area contributed by atoms with Crippen LogP contribution in [0.5, 0.6) is 5.75 Å². The van der Waals surface area contributed by atoms with E-state index in [1.165, 1.54) is 41.5 Å². The first-order valence-corrected chi connectivity index (χ1v) is 15.1. The van der Waals surface area contributed by atoms with Crippen LogP contribution in [0.1, 0.15) is 22.7 Å². The summed E-state index contributed by atoms with van der Waals surface area (Å²) in [4.78, 5) is 16.9. The number of carbonyl (C=O) groups excluding carboxylic acids is 1. The Kier molecular flexibility index (Phi) is 9.02. The Balaban J connectivity index is 1.15. The molecule has 0 saturated carbocycles. The standard InChI is InChI=1S/C32H30F3N3O4S/c33-32(34,35)26-12-7-13-27(22-26)36-43(40,41)29-16-14-28(15-17-29)42-23-30(39)37-18-20-38(21-19-37)31(24-8-3-1-4-9-24)25-10-5-2-6-11-25/h1-17,22,31,36H,18-21,23H2. The summed E-state index contributed by atoms with van der Waals surface area (Å²) in [5.74, 6) is 0.108. The van der Waals surface area contributed by atoms with Crippen LogP contribution in [-0.2, 0) is 21.0 Å². The third kappa shape index (κ3) is 7.54. The van der Waals surface area contributed by atoms with E-state index in [9.17, 15) is 26.4 Å². The third-order valence-electron chi connectivity index (χ3n) is 7.20. The lowest BCUT2D eigenvalue weighted by Gasteiger charge is -2.39. The van der Waals surface area contributed by atoms with Gasteiger partial charge in [-0.05, 0) is 53.6 Å². The smallest absolute Gasteiger partial charge is 0.416 e. The van der Waals surface area contributed by atoms with Crippen molar-refractivity contribution in [2.45, 2.75) is 17.1 Å². The van der Waals surface area contributed by atoms with Gasteiger partial charge in [0, 0.05) is 31.9 Å². The molecule has 0 atom stereocenters. The highest BCUT2D eigenvalue weighted by atomic mass is 32.2. The number of anilines is 1. The lowest BCUT2D eigenvalue weighted by molar-refractivity contribution is -0.137. The van der Waals surface area contributed by atoms with Crippen LogP contribution < -0.4 is 9.46 Å². The molecular weight excluding hydrogens is 579 g/mol. The first-order chi connectivity index (χ1) is 20.6. The quantitative estimate of drug-likeness (QED) is 0.259. The molecule has 1 fully saturated rings. The summed E-state index contributed by atoms with van der Waals surface area (Å²) >= 11 is 0. The summed E-state index contributed by atoms with van der Waals surface area (Å²) in [6.07, 6.45) is -4.60. The normalized spacial score (nSPS) is 14.5. The van der Waals surface area contributed by atoms with Gasteiger partial charge in [-0.3, -0.25) is 14.4 Å². The van der Waals surface area contributed by atoms with Gasteiger partial charge in [-0.1, -0.05) is 66.7 Å². The number of hydrogen-bond acceptors (Lipinski definition) is 5. The zero-order valence-electron chi connectivity index (χ0n) is 23.1. The van der Waals surface area contributed by atoms with E-state index < -0.39 is 21.8 Å². The minimum absolute atomic E-state index is 0.0776. The molecule has 0 radical (unpaired) electrons. The Morgan fingerprint density at radius 3 is 1.93 bits per heavy atom. The van der Waals surface area contributed by atoms with Crippen molar-refractivity contribution in [1.82, 2.24) is 9.80 Å². The monoisotopic (exact) mass is 609 g/mol. The molecule has 1 amide bonds. The van der Waals surface area contributed by atoms with Crippen molar-refractivity contribution in [3.05, 3.63) is 126 Å². The molecule has 1 N–H and O–H groups in total. The van der Waals surface area contributed by atoms with Crippen molar-refractivity contribution >= 4 is 21.6 Å². The van der Waals surface area contributed by atoms with Gasteiger partial charge >= 0.3 is 6.18 Å². The van der Waals surface area contributed by atoms with Gasteiger partial charge in [0.15, 0.2) is 6.61 Å². The number of sulfonamides is 1. The fourth-order valence-corrected chi connectivity index (χ4v) is 6.09. The lowest BCUT2D eigenvalue weighted by Crippen LogP contribution is -2.51. The molecule has 0 unspecified atom stereocenters. The molecule has 0 aliphatic carbocycles. The van der Waals surface area contributed by atoms with E-state index in [4.69, 9.17) is 4.74 Å². The fraction of sp³-hybridized carbons (Fsp3) is 0.219. The summed E-state index contributed by atoms with van der Waals surface area (Å²) in [6, 6.07) is 29.9. The maximum Gasteiger partial charge on any atom is 0.416 e. The number of rotatable bonds is 9. The average molecular weight is 610 g/mol. The van der Waals surface area contributed by atoms with Crippen molar-refractivity contribution in [1.29, 1.82) is 0 Å². The lowest BCUT2D eigenvalue weighted by atomic mass is 9.96. The number of piperazine rings is 1. The van der Waals surface area contributed by atoms with Crippen molar-refractivity contribution in [2.75, 3.05) is 37.5 Å². The van der Waals surface area contributed by atoms with Crippen LogP contribution >= 0.6 is 0 Å². The van der Waals surface area contributed by atoms with Crippen molar-refractivity contribution in [2.24, 2.45) is 0 Å². The molecule has 1 heterocycles. The molecule has 1 saturated heterocycles. The van der Waals surface area contributed by atoms with E-state index in [2.05, 4.69) is 33.9 Å². The molecular formula is C32H30F3N3O4S. The molecule has 0 spiro atoms. The maximum absolute atomic E-state index is 13.0. The summed E-state index contributed by atoms with van der Waals surface area (Å²) in [7, 11) is -4.15. The highest BCUT2D eigenvalue weighted by molar-refractivity contribution is 7.92. The van der Waals surface area contributed by atoms with Crippen LogP contribution in [0.4, 0.5) is 18.9 Å². The van der Waals surface area contributed by atoms with Crippen LogP contribution in [-0.4, -0.2) is 56.9 Å². The molecule has 0 aromatic heterocycles. The second kappa shape index (κ2) is 12.9. The Bertz CT molecular complexity index is 1590. The number of alkyl halides is 3. The predicted molar refractivity (Wildman–Crippen MR) is 157 cm³/mol. The van der Waals surface area contributed by atoms with Gasteiger partial charge in [0.2, 0.25) is 0 Å². The Morgan fingerprint density at radius 1 is 0.791 bits per heavy atom. The number of amides is 1. The molecule has 224 valence electrons. The number of halogens is 3. The van der Waals surface area contributed by atoms with E-state index in [0.717, 1.165) is 18.2 Å². The van der Waals surface area contributed by atoms with E-state index in [-0.39, 0.29) is 29.1 Å². The van der Waals surface area contributed by atoms with Gasteiger partial charge in [-0.25, -0.2) is 8.42 Å². The second-order valence-corrected chi connectivity index (χ2v) is 11.8. The largest absolute Gasteiger partial charge is 0.484 e. The van der Waals surface area contributed by atoms with Gasteiger partial charge in [-0.15, -0.1) is 0 Å². The number of hydrogen-bond donors (Lipinski definition) is 1. The zero-order valence-corrected chi connectivity index (χ0v) is 23.9. The highest BCUT2D eigenvalue weighted by Gasteiger charge is 2.31. The van der Waals surface area contributed by atoms with Crippen LogP contribution in [0.2, 0.25) is 0 Å². The fourth-order valence-electron chi connectivity index (χ4n) is 5.04. The molecule has 43 heavy (non-hydrogen) atoms. The van der Waals surface area contributed by atoms with Crippen molar-refractivity contribution < 1.29 is 31.1 Å². The Morgan fingerprint density at radius 2 is 1.37 bits per heavy atom. The minimum Gasteiger partial charge on any atom is -0.484 e. The van der Waals surface area contributed by atoms with Crippen LogP contribution in [0.25, 0.3) is 0 Å². The molecule has 4 aromatic rings. The Labute approximate surface area is 248 Å². The van der Waals surface area contributed by atoms with Gasteiger partial charge in [0.05, 0.1) is 16.5 Å². The van der Waals surface area contributed by atoms with Crippen LogP contribution in [0, 0.1) is 0 Å². The molecule has 1 aliphatic rings. The predicted octanol–water partition coefficient (Wildman–Crippen LogP) is 5.82. The number of benzene rings is 4. The van der Waals surface area contributed by atoms with Gasteiger partial charge in [-0.2, -0.15) is 13.2 Å². The van der Waals surface area contributed by atoms with Crippen molar-refractivity contribution in [3.63, 3.8) is 0 Å². The molecule has 7 nitrogen and oxygen atoms in total. The summed E-state index contributed by atoms with van der Waals surface area (Å²) in [5.41, 5.74) is 1.20. The van der Waals surface area contributed by atoms with Crippen LogP contribution in [0.3, 0.4) is 0 Å². The molecule has 1 aliphatic heterocycles. The van der Waals surface area contributed by atoms with Gasteiger partial charge in [0.1, 0.15) is 5.75 Å². The third-order valence-corrected chi connectivity index (χ3v) is 8.60. The average Bonchev–Trinajstić information content (AvgIpc) is 3.01. The number of carbonyl (C=O) groups is 1. The zero-order chi connectivity index (χ0) is 30.5. The van der Waals surface area contributed by atoms with Crippen LogP contribution in [0.15, 0.2) is 114 Å². The molecule has 0 bridgehead atoms. The van der Waals surface area contributed by atoms with Crippen molar-refractivity contribution in [3.8, 4) is 5.75 Å². The SMILES string of the molecule is O=C(COc1ccc(S(=O)(=O)Nc2cccc(C(F)(F)F)c2)cc1)N1CCN(C(c2ccccc2)c2ccccc2)CC1. The maximum atomic E-state index is 13.0. The molecule has 5 rings (SSSR count). The molecule has 4 aromatic carbocycles. The van der Waals surface area contributed by atoms with Gasteiger partial charge < -0.3 is 9.64 Å².